The first kappa shape index (κ1) is 28.3. The van der Waals surface area contributed by atoms with Crippen molar-refractivity contribution in [1.29, 1.82) is 0 Å². The minimum atomic E-state index is 0.481. The monoisotopic (exact) mass is 639 g/mol. The van der Waals surface area contributed by atoms with Gasteiger partial charge in [-0.3, -0.25) is 0 Å². The van der Waals surface area contributed by atoms with Crippen molar-refractivity contribution in [3.63, 3.8) is 0 Å². The van der Waals surface area contributed by atoms with E-state index in [2.05, 4.69) is 151 Å². The van der Waals surface area contributed by atoms with E-state index in [0.717, 1.165) is 22.3 Å². The van der Waals surface area contributed by atoms with Gasteiger partial charge in [-0.25, -0.2) is 4.98 Å². The molecule has 0 amide bonds. The average molecular weight is 640 g/mol. The lowest BCUT2D eigenvalue weighted by molar-refractivity contribution is 0.348. The standard InChI is InChI=1S/C47H29NO2/c1-2-17-40-38(15-1)39-16-3-4-18-41(39)43-28-36(20-22-42(40)43)34-13-6-11-32(26-34)30-9-5-10-31(25-30)33-12-7-14-35(27-33)37-21-23-44-46(29-37)50-47-45(49-44)19-8-24-48-47/h1-29H. The molecule has 1 aliphatic rings. The molecule has 1 aliphatic heterocycles. The molecule has 2 heterocycles. The molecule has 8 aromatic carbocycles. The molecular weight excluding hydrogens is 611 g/mol. The van der Waals surface area contributed by atoms with Crippen molar-refractivity contribution < 1.29 is 9.47 Å². The quantitative estimate of drug-likeness (QED) is 0.180. The zero-order valence-electron chi connectivity index (χ0n) is 27.0. The van der Waals surface area contributed by atoms with E-state index in [1.54, 1.807) is 6.20 Å². The van der Waals surface area contributed by atoms with Crippen LogP contribution in [0.1, 0.15) is 0 Å². The van der Waals surface area contributed by atoms with Gasteiger partial charge in [0.25, 0.3) is 5.88 Å². The Morgan fingerprint density at radius 1 is 0.280 bits per heavy atom. The second kappa shape index (κ2) is 11.5. The van der Waals surface area contributed by atoms with Crippen LogP contribution in [0.15, 0.2) is 176 Å². The molecule has 10 rings (SSSR count). The van der Waals surface area contributed by atoms with Crippen LogP contribution in [-0.4, -0.2) is 4.98 Å². The Morgan fingerprint density at radius 3 is 1.30 bits per heavy atom. The van der Waals surface area contributed by atoms with E-state index in [-0.39, 0.29) is 0 Å². The molecule has 234 valence electrons. The summed E-state index contributed by atoms with van der Waals surface area (Å²) >= 11 is 0. The molecule has 50 heavy (non-hydrogen) atoms. The predicted molar refractivity (Wildman–Crippen MR) is 205 cm³/mol. The van der Waals surface area contributed by atoms with Gasteiger partial charge >= 0.3 is 0 Å². The molecule has 0 fully saturated rings. The van der Waals surface area contributed by atoms with Crippen molar-refractivity contribution in [2.24, 2.45) is 0 Å². The molecule has 9 aromatic rings. The van der Waals surface area contributed by atoms with Crippen LogP contribution in [-0.2, 0) is 0 Å². The highest BCUT2D eigenvalue weighted by Gasteiger charge is 2.20. The molecule has 0 spiro atoms. The Bertz CT molecular complexity index is 2750. The van der Waals surface area contributed by atoms with Gasteiger partial charge in [0.15, 0.2) is 17.2 Å². The minimum Gasteiger partial charge on any atom is -0.448 e. The highest BCUT2D eigenvalue weighted by molar-refractivity contribution is 6.25. The summed E-state index contributed by atoms with van der Waals surface area (Å²) in [5, 5.41) is 7.73. The largest absolute Gasteiger partial charge is 0.448 e. The minimum absolute atomic E-state index is 0.481. The smallest absolute Gasteiger partial charge is 0.263 e. The number of ether oxygens (including phenoxy) is 2. The molecule has 0 aliphatic carbocycles. The number of nitrogens with zero attached hydrogens (tertiary/aromatic N) is 1. The third-order valence-corrected chi connectivity index (χ3v) is 9.77. The van der Waals surface area contributed by atoms with Gasteiger partial charge in [-0.2, -0.15) is 0 Å². The molecule has 1 aromatic heterocycles. The topological polar surface area (TPSA) is 31.4 Å². The van der Waals surface area contributed by atoms with Gasteiger partial charge in [0.1, 0.15) is 0 Å². The molecule has 0 saturated heterocycles. The van der Waals surface area contributed by atoms with Gasteiger partial charge in [-0.05, 0) is 125 Å². The van der Waals surface area contributed by atoms with Crippen LogP contribution in [0.4, 0.5) is 0 Å². The maximum atomic E-state index is 6.08. The number of aromatic nitrogens is 1. The molecule has 3 heteroatoms. The van der Waals surface area contributed by atoms with E-state index in [9.17, 15) is 0 Å². The van der Waals surface area contributed by atoms with Crippen molar-refractivity contribution in [1.82, 2.24) is 4.98 Å². The maximum Gasteiger partial charge on any atom is 0.263 e. The fourth-order valence-corrected chi connectivity index (χ4v) is 7.33. The van der Waals surface area contributed by atoms with Gasteiger partial charge in [-0.1, -0.05) is 121 Å². The van der Waals surface area contributed by atoms with Crippen molar-refractivity contribution >= 4 is 32.3 Å². The van der Waals surface area contributed by atoms with Crippen molar-refractivity contribution in [2.75, 3.05) is 0 Å². The second-order valence-electron chi connectivity index (χ2n) is 12.8. The predicted octanol–water partition coefficient (Wildman–Crippen LogP) is 13.1. The summed E-state index contributed by atoms with van der Waals surface area (Å²) in [5.41, 5.74) is 9.24. The number of hydrogen-bond donors (Lipinski definition) is 0. The van der Waals surface area contributed by atoms with Crippen LogP contribution >= 0.6 is 0 Å². The second-order valence-corrected chi connectivity index (χ2v) is 12.8. The zero-order chi connectivity index (χ0) is 33.0. The summed E-state index contributed by atoms with van der Waals surface area (Å²) in [7, 11) is 0. The zero-order valence-corrected chi connectivity index (χ0v) is 27.0. The molecular formula is C47H29NO2. The maximum absolute atomic E-state index is 6.08. The third-order valence-electron chi connectivity index (χ3n) is 9.77. The molecule has 0 saturated carbocycles. The van der Waals surface area contributed by atoms with E-state index >= 15 is 0 Å². The van der Waals surface area contributed by atoms with Crippen molar-refractivity contribution in [2.45, 2.75) is 0 Å². The summed E-state index contributed by atoms with van der Waals surface area (Å²) < 4.78 is 12.1. The van der Waals surface area contributed by atoms with Crippen molar-refractivity contribution in [3.8, 4) is 67.6 Å². The number of hydrogen-bond acceptors (Lipinski definition) is 3. The van der Waals surface area contributed by atoms with E-state index in [1.165, 1.54) is 54.6 Å². The molecule has 0 unspecified atom stereocenters. The fourth-order valence-electron chi connectivity index (χ4n) is 7.33. The first-order valence-corrected chi connectivity index (χ1v) is 16.8. The van der Waals surface area contributed by atoms with Gasteiger partial charge in [0, 0.05) is 6.20 Å². The Labute approximate surface area is 289 Å². The summed E-state index contributed by atoms with van der Waals surface area (Å²) in [4.78, 5) is 4.32. The first-order valence-electron chi connectivity index (χ1n) is 16.8. The molecule has 3 nitrogen and oxygen atoms in total. The van der Waals surface area contributed by atoms with Crippen LogP contribution in [0.3, 0.4) is 0 Å². The lowest BCUT2D eigenvalue weighted by atomic mass is 9.91. The molecule has 0 N–H and O–H groups in total. The summed E-state index contributed by atoms with van der Waals surface area (Å²) in [6.45, 7) is 0. The number of pyridine rings is 1. The Hall–Kier alpha value is -6.71. The summed E-state index contributed by atoms with van der Waals surface area (Å²) in [6.07, 6.45) is 1.71. The van der Waals surface area contributed by atoms with Crippen LogP contribution < -0.4 is 9.47 Å². The number of rotatable bonds is 4. The normalized spacial score (nSPS) is 11.9. The van der Waals surface area contributed by atoms with Gasteiger partial charge in [-0.15, -0.1) is 0 Å². The molecule has 0 atom stereocenters. The average Bonchev–Trinajstić information content (AvgIpc) is 3.20. The van der Waals surface area contributed by atoms with E-state index < -0.39 is 0 Å². The Morgan fingerprint density at radius 2 is 0.740 bits per heavy atom. The summed E-state index contributed by atoms with van der Waals surface area (Å²) in [5.74, 6) is 2.45. The lowest BCUT2D eigenvalue weighted by Gasteiger charge is -2.20. The Kier molecular flexibility index (Phi) is 6.49. The highest BCUT2D eigenvalue weighted by atomic mass is 16.6. The fraction of sp³-hybridized carbons (Fsp3) is 0. The molecule has 0 bridgehead atoms. The van der Waals surface area contributed by atoms with E-state index in [4.69, 9.17) is 9.47 Å². The third kappa shape index (κ3) is 4.79. The van der Waals surface area contributed by atoms with Gasteiger partial charge in [0.05, 0.1) is 0 Å². The SMILES string of the molecule is c1cc(-c2cccc(-c3ccc4c(c3)Oc3ncccc3O4)c2)cc(-c2cccc(-c3ccc4c5ccccc5c5ccccc5c4c3)c2)c1. The van der Waals surface area contributed by atoms with Gasteiger partial charge < -0.3 is 9.47 Å². The Balaban J connectivity index is 0.989. The van der Waals surface area contributed by atoms with Crippen LogP contribution in [0.25, 0.3) is 76.8 Å². The lowest BCUT2D eigenvalue weighted by Crippen LogP contribution is -2.00. The van der Waals surface area contributed by atoms with Gasteiger partial charge in [0.2, 0.25) is 0 Å². The van der Waals surface area contributed by atoms with E-state index in [0.29, 0.717) is 23.1 Å². The molecule has 0 radical (unpaired) electrons. The number of benzene rings is 8. The first-order chi connectivity index (χ1) is 24.7. The van der Waals surface area contributed by atoms with Crippen LogP contribution in [0.5, 0.6) is 23.1 Å². The van der Waals surface area contributed by atoms with Crippen LogP contribution in [0.2, 0.25) is 0 Å². The highest BCUT2D eigenvalue weighted by Crippen LogP contribution is 2.45. The van der Waals surface area contributed by atoms with Crippen molar-refractivity contribution in [3.05, 3.63) is 176 Å². The number of fused-ring (bicyclic) bond motifs is 8. The summed E-state index contributed by atoms with van der Waals surface area (Å²) in [6, 6.07) is 60.5. The van der Waals surface area contributed by atoms with E-state index in [1.807, 2.05) is 24.3 Å². The van der Waals surface area contributed by atoms with Crippen LogP contribution in [0, 0.1) is 0 Å².